The Balaban J connectivity index is 1.69. The number of ether oxygens (including phenoxy) is 1. The van der Waals surface area contributed by atoms with Gasteiger partial charge >= 0.3 is 6.18 Å². The van der Waals surface area contributed by atoms with E-state index in [4.69, 9.17) is 4.74 Å². The van der Waals surface area contributed by atoms with Gasteiger partial charge in [0, 0.05) is 17.8 Å². The number of hydrogen-bond donors (Lipinski definition) is 1. The molecule has 0 bridgehead atoms. The second-order valence-corrected chi connectivity index (χ2v) is 7.99. The molecular weight excluding hydrogens is 391 g/mol. The Hall–Kier alpha value is -2.75. The van der Waals surface area contributed by atoms with Crippen LogP contribution < -0.4 is 10.2 Å². The van der Waals surface area contributed by atoms with Gasteiger partial charge in [-0.15, -0.1) is 0 Å². The first-order valence-corrected chi connectivity index (χ1v) is 9.32. The second kappa shape index (κ2) is 6.69. The first kappa shape index (κ1) is 18.6. The molecule has 0 saturated carbocycles. The number of anilines is 1. The zero-order chi connectivity index (χ0) is 19.9. The fourth-order valence-corrected chi connectivity index (χ4v) is 3.64. The van der Waals surface area contributed by atoms with Crippen molar-refractivity contribution >= 4 is 32.4 Å². The maximum Gasteiger partial charge on any atom is 0.433 e. The van der Waals surface area contributed by atoms with Gasteiger partial charge < -0.3 is 4.74 Å². The topological polar surface area (TPSA) is 72.3 Å². The van der Waals surface area contributed by atoms with Gasteiger partial charge in [0.1, 0.15) is 17.1 Å². The maximum absolute atomic E-state index is 12.8. The van der Waals surface area contributed by atoms with Gasteiger partial charge in [0.05, 0.1) is 22.5 Å². The number of halogens is 3. The predicted octanol–water partition coefficient (Wildman–Crippen LogP) is 4.73. The zero-order valence-electron chi connectivity index (χ0n) is 15.0. The number of nitrogens with one attached hydrogen (secondary N) is 1. The van der Waals surface area contributed by atoms with Crippen LogP contribution >= 0.6 is 11.3 Å². The van der Waals surface area contributed by atoms with Crippen molar-refractivity contribution in [3.05, 3.63) is 42.0 Å². The van der Waals surface area contributed by atoms with E-state index < -0.39 is 11.9 Å². The van der Waals surface area contributed by atoms with Gasteiger partial charge in [-0.25, -0.2) is 4.98 Å². The lowest BCUT2D eigenvalue weighted by atomic mass is 9.83. The second-order valence-electron chi connectivity index (χ2n) is 6.96. The molecule has 3 aromatic rings. The Morgan fingerprint density at radius 3 is 2.89 bits per heavy atom. The van der Waals surface area contributed by atoms with Crippen molar-refractivity contribution in [2.45, 2.75) is 26.4 Å². The number of aromatic nitrogens is 3. The Bertz CT molecular complexity index is 1060. The summed E-state index contributed by atoms with van der Waals surface area (Å²) in [4.78, 5) is 12.1. The summed E-state index contributed by atoms with van der Waals surface area (Å²) >= 11 is 1.18. The molecule has 0 radical (unpaired) electrons. The van der Waals surface area contributed by atoms with Crippen LogP contribution in [0.4, 0.5) is 18.3 Å². The maximum atomic E-state index is 12.8. The van der Waals surface area contributed by atoms with Crippen molar-refractivity contribution in [1.82, 2.24) is 15.0 Å². The van der Waals surface area contributed by atoms with E-state index in [0.29, 0.717) is 33.6 Å². The van der Waals surface area contributed by atoms with Gasteiger partial charge in [-0.05, 0) is 24.6 Å². The average molecular weight is 407 g/mol. The minimum Gasteiger partial charge on any atom is -0.491 e. The smallest absolute Gasteiger partial charge is 0.433 e. The third-order valence-electron chi connectivity index (χ3n) is 4.45. The molecule has 0 fully saturated rings. The van der Waals surface area contributed by atoms with Crippen LogP contribution in [0, 0.1) is 5.41 Å². The highest BCUT2D eigenvalue weighted by Crippen LogP contribution is 2.35. The number of pyridine rings is 2. The predicted molar refractivity (Wildman–Crippen MR) is 101 cm³/mol. The van der Waals surface area contributed by atoms with Crippen LogP contribution in [0.1, 0.15) is 31.7 Å². The molecule has 0 atom stereocenters. The van der Waals surface area contributed by atoms with Gasteiger partial charge in [0.15, 0.2) is 0 Å². The standard InChI is InChI=1S/C18H16F3N5OS/c1-17(2)5-7-27-11-4-3-6-22-14(11)15(17)25-26-16-24-10-8-13(18(19,20)21)23-9-12(10)28-16/h3-4,6,8-9H,5,7H2,1-2H3,(H,24,26)/b25-15-. The van der Waals surface area contributed by atoms with E-state index in [-0.39, 0.29) is 10.9 Å². The molecule has 0 spiro atoms. The third-order valence-corrected chi connectivity index (χ3v) is 5.36. The summed E-state index contributed by atoms with van der Waals surface area (Å²) in [6, 6.07) is 4.56. The van der Waals surface area contributed by atoms with Crippen LogP contribution in [0.2, 0.25) is 0 Å². The molecule has 146 valence electrons. The number of nitrogens with zero attached hydrogens (tertiary/aromatic N) is 4. The molecule has 0 unspecified atom stereocenters. The fraction of sp³-hybridized carbons (Fsp3) is 0.333. The Morgan fingerprint density at radius 1 is 1.29 bits per heavy atom. The van der Waals surface area contributed by atoms with Gasteiger partial charge in [0.2, 0.25) is 5.13 Å². The van der Waals surface area contributed by atoms with Gasteiger partial charge in [-0.1, -0.05) is 25.2 Å². The van der Waals surface area contributed by atoms with Crippen molar-refractivity contribution in [2.75, 3.05) is 12.0 Å². The van der Waals surface area contributed by atoms with Crippen LogP contribution in [-0.2, 0) is 6.18 Å². The quantitative estimate of drug-likeness (QED) is 0.622. The number of thiazole rings is 1. The molecule has 0 amide bonds. The summed E-state index contributed by atoms with van der Waals surface area (Å²) < 4.78 is 44.8. The number of rotatable bonds is 2. The van der Waals surface area contributed by atoms with E-state index in [0.717, 1.165) is 12.5 Å². The Morgan fingerprint density at radius 2 is 2.11 bits per heavy atom. The Kier molecular flexibility index (Phi) is 4.45. The monoisotopic (exact) mass is 407 g/mol. The van der Waals surface area contributed by atoms with Gasteiger partial charge in [-0.2, -0.15) is 18.3 Å². The molecule has 0 saturated heterocycles. The highest BCUT2D eigenvalue weighted by atomic mass is 32.1. The minimum absolute atomic E-state index is 0.219. The molecule has 28 heavy (non-hydrogen) atoms. The molecule has 4 heterocycles. The molecular formula is C18H16F3N5OS. The number of fused-ring (bicyclic) bond motifs is 2. The molecule has 1 aliphatic heterocycles. The van der Waals surface area contributed by atoms with E-state index in [1.165, 1.54) is 17.5 Å². The average Bonchev–Trinajstić information content (AvgIpc) is 2.98. The summed E-state index contributed by atoms with van der Waals surface area (Å²) in [6.45, 7) is 4.62. The first-order chi connectivity index (χ1) is 13.2. The molecule has 10 heteroatoms. The van der Waals surface area contributed by atoms with Gasteiger partial charge in [0.25, 0.3) is 0 Å². The highest BCUT2D eigenvalue weighted by Gasteiger charge is 2.34. The molecule has 0 aliphatic carbocycles. The zero-order valence-corrected chi connectivity index (χ0v) is 15.9. The van der Waals surface area contributed by atoms with Crippen LogP contribution in [0.25, 0.3) is 10.2 Å². The van der Waals surface area contributed by atoms with Crippen molar-refractivity contribution in [3.63, 3.8) is 0 Å². The fourth-order valence-electron chi connectivity index (χ4n) is 2.89. The molecule has 1 aliphatic rings. The van der Waals surface area contributed by atoms with E-state index in [1.807, 2.05) is 19.9 Å². The van der Waals surface area contributed by atoms with Crippen molar-refractivity contribution < 1.29 is 17.9 Å². The lowest BCUT2D eigenvalue weighted by Crippen LogP contribution is -2.26. The number of hydrazone groups is 1. The molecule has 3 aromatic heterocycles. The molecule has 6 nitrogen and oxygen atoms in total. The SMILES string of the molecule is CC1(C)CCOc2cccnc2/C1=N/Nc1nc2cc(C(F)(F)F)ncc2s1. The van der Waals surface area contributed by atoms with Crippen LogP contribution in [0.5, 0.6) is 5.75 Å². The summed E-state index contributed by atoms with van der Waals surface area (Å²) in [5.74, 6) is 0.650. The van der Waals surface area contributed by atoms with Crippen LogP contribution in [0.15, 0.2) is 35.7 Å². The lowest BCUT2D eigenvalue weighted by molar-refractivity contribution is -0.141. The van der Waals surface area contributed by atoms with Crippen LogP contribution in [-0.4, -0.2) is 27.3 Å². The van der Waals surface area contributed by atoms with Crippen LogP contribution in [0.3, 0.4) is 0 Å². The summed E-state index contributed by atoms with van der Waals surface area (Å²) in [5, 5.41) is 4.88. The number of alkyl halides is 3. The summed E-state index contributed by atoms with van der Waals surface area (Å²) in [6.07, 6.45) is -0.927. The largest absolute Gasteiger partial charge is 0.491 e. The van der Waals surface area contributed by atoms with E-state index >= 15 is 0 Å². The molecule has 0 aromatic carbocycles. The minimum atomic E-state index is -4.51. The Labute approximate surface area is 162 Å². The van der Waals surface area contributed by atoms with E-state index in [9.17, 15) is 13.2 Å². The first-order valence-electron chi connectivity index (χ1n) is 8.50. The number of hydrogen-bond acceptors (Lipinski definition) is 7. The van der Waals surface area contributed by atoms with E-state index in [1.54, 1.807) is 12.3 Å². The van der Waals surface area contributed by atoms with Crippen molar-refractivity contribution in [1.29, 1.82) is 0 Å². The third kappa shape index (κ3) is 3.51. The summed E-state index contributed by atoms with van der Waals surface area (Å²) in [5.41, 5.74) is 3.16. The molecule has 4 rings (SSSR count). The highest BCUT2D eigenvalue weighted by molar-refractivity contribution is 7.22. The van der Waals surface area contributed by atoms with E-state index in [2.05, 4.69) is 25.5 Å². The van der Waals surface area contributed by atoms with Gasteiger partial charge in [-0.3, -0.25) is 15.4 Å². The lowest BCUT2D eigenvalue weighted by Gasteiger charge is -2.23. The normalized spacial score (nSPS) is 17.8. The van der Waals surface area contributed by atoms with Crippen molar-refractivity contribution in [2.24, 2.45) is 10.5 Å². The molecule has 1 N–H and O–H groups in total. The summed E-state index contributed by atoms with van der Waals surface area (Å²) in [7, 11) is 0. The van der Waals surface area contributed by atoms with Crippen molar-refractivity contribution in [3.8, 4) is 5.75 Å².